The van der Waals surface area contributed by atoms with Crippen LogP contribution in [0.1, 0.15) is 47.5 Å². The minimum absolute atomic E-state index is 0.241. The third-order valence-electron chi connectivity index (χ3n) is 2.60. The fourth-order valence-corrected chi connectivity index (χ4v) is 1.57. The van der Waals surface area contributed by atoms with Crippen LogP contribution in [0.3, 0.4) is 0 Å². The maximum atomic E-state index is 5.56. The minimum Gasteiger partial charge on any atom is -0.372 e. The van der Waals surface area contributed by atoms with E-state index in [0.717, 1.165) is 12.8 Å². The second-order valence-electron chi connectivity index (χ2n) is 4.75. The molecule has 0 aromatic rings. The normalized spacial score (nSPS) is 12.0. The summed E-state index contributed by atoms with van der Waals surface area (Å²) in [5.74, 6) is 0. The zero-order chi connectivity index (χ0) is 14.5. The Morgan fingerprint density at radius 3 is 2.16 bits per heavy atom. The molecule has 3 heteroatoms. The highest BCUT2D eigenvalue weighted by molar-refractivity contribution is 5.02. The van der Waals surface area contributed by atoms with E-state index in [1.807, 2.05) is 13.8 Å². The molecule has 0 saturated carbocycles. The van der Waals surface area contributed by atoms with Gasteiger partial charge in [-0.2, -0.15) is 0 Å². The molecule has 3 nitrogen and oxygen atoms in total. The summed E-state index contributed by atoms with van der Waals surface area (Å²) in [5.41, 5.74) is 2.74. The highest BCUT2D eigenvalue weighted by Crippen LogP contribution is 2.06. The zero-order valence-electron chi connectivity index (χ0n) is 13.2. The largest absolute Gasteiger partial charge is 0.372 e. The van der Waals surface area contributed by atoms with Crippen LogP contribution in [0.5, 0.6) is 0 Å². The maximum absolute atomic E-state index is 5.56. The molecule has 0 atom stereocenters. The smallest absolute Gasteiger partial charge is 0.180 e. The molecule has 0 aliphatic carbocycles. The van der Waals surface area contributed by atoms with Gasteiger partial charge in [-0.1, -0.05) is 23.3 Å². The Hall–Kier alpha value is -0.640. The first-order valence-corrected chi connectivity index (χ1v) is 7.20. The summed E-state index contributed by atoms with van der Waals surface area (Å²) in [6.07, 6.45) is 6.35. The van der Waals surface area contributed by atoms with Crippen molar-refractivity contribution in [1.82, 2.24) is 0 Å². The molecular weight excluding hydrogens is 240 g/mol. The van der Waals surface area contributed by atoms with Crippen LogP contribution in [-0.2, 0) is 14.2 Å². The van der Waals surface area contributed by atoms with E-state index < -0.39 is 0 Å². The summed E-state index contributed by atoms with van der Waals surface area (Å²) in [5, 5.41) is 0. The fourth-order valence-electron chi connectivity index (χ4n) is 1.57. The summed E-state index contributed by atoms with van der Waals surface area (Å²) in [6.45, 7) is 12.7. The van der Waals surface area contributed by atoms with Crippen molar-refractivity contribution in [2.75, 3.05) is 26.4 Å². The Labute approximate surface area is 118 Å². The molecule has 0 spiro atoms. The van der Waals surface area contributed by atoms with Gasteiger partial charge in [0.25, 0.3) is 0 Å². The maximum Gasteiger partial charge on any atom is 0.180 e. The summed E-state index contributed by atoms with van der Waals surface area (Å²) in [7, 11) is 0. The molecular formula is C16H30O3. The molecule has 0 bridgehead atoms. The van der Waals surface area contributed by atoms with Crippen molar-refractivity contribution in [3.8, 4) is 0 Å². The molecule has 19 heavy (non-hydrogen) atoms. The quantitative estimate of drug-likeness (QED) is 0.321. The topological polar surface area (TPSA) is 27.7 Å². The van der Waals surface area contributed by atoms with E-state index in [4.69, 9.17) is 14.2 Å². The molecule has 112 valence electrons. The standard InChI is InChI=1S/C16H30O3/c1-6-18-16(19-7-2)13-17-12-11-15(5)10-8-9-14(3)4/h9,11,16H,6-8,10,12-13H2,1-5H3. The lowest BCUT2D eigenvalue weighted by Gasteiger charge is -2.16. The number of ether oxygens (including phenoxy) is 3. The third-order valence-corrected chi connectivity index (χ3v) is 2.60. The van der Waals surface area contributed by atoms with Crippen molar-refractivity contribution >= 4 is 0 Å². The highest BCUT2D eigenvalue weighted by atomic mass is 16.7. The summed E-state index contributed by atoms with van der Waals surface area (Å²) in [6, 6.07) is 0. The van der Waals surface area contributed by atoms with Gasteiger partial charge < -0.3 is 14.2 Å². The van der Waals surface area contributed by atoms with Crippen LogP contribution in [0.15, 0.2) is 23.3 Å². The molecule has 0 saturated heterocycles. The SMILES string of the molecule is CCOC(COCC=C(C)CCC=C(C)C)OCC. The van der Waals surface area contributed by atoms with Crippen LogP contribution >= 0.6 is 0 Å². The van der Waals surface area contributed by atoms with Crippen LogP contribution < -0.4 is 0 Å². The highest BCUT2D eigenvalue weighted by Gasteiger charge is 2.06. The van der Waals surface area contributed by atoms with Gasteiger partial charge in [0.15, 0.2) is 6.29 Å². The first-order valence-electron chi connectivity index (χ1n) is 7.20. The Balaban J connectivity index is 3.77. The van der Waals surface area contributed by atoms with Crippen molar-refractivity contribution < 1.29 is 14.2 Å². The predicted octanol–water partition coefficient (Wildman–Crippen LogP) is 4.09. The molecule has 0 aliphatic rings. The number of allylic oxidation sites excluding steroid dienone is 3. The third kappa shape index (κ3) is 12.2. The molecule has 0 radical (unpaired) electrons. The van der Waals surface area contributed by atoms with Gasteiger partial charge in [-0.3, -0.25) is 0 Å². The number of hydrogen-bond acceptors (Lipinski definition) is 3. The summed E-state index contributed by atoms with van der Waals surface area (Å²) in [4.78, 5) is 0. The van der Waals surface area contributed by atoms with Crippen LogP contribution in [-0.4, -0.2) is 32.7 Å². The van der Waals surface area contributed by atoms with Crippen LogP contribution in [0.25, 0.3) is 0 Å². The van der Waals surface area contributed by atoms with Gasteiger partial charge in [-0.25, -0.2) is 0 Å². The van der Waals surface area contributed by atoms with E-state index >= 15 is 0 Å². The first kappa shape index (κ1) is 18.4. The second kappa shape index (κ2) is 12.4. The average Bonchev–Trinajstić information content (AvgIpc) is 2.34. The Bertz CT molecular complexity index is 259. The van der Waals surface area contributed by atoms with Crippen LogP contribution in [0, 0.1) is 0 Å². The van der Waals surface area contributed by atoms with Gasteiger partial charge in [0, 0.05) is 13.2 Å². The van der Waals surface area contributed by atoms with Crippen molar-refractivity contribution in [2.24, 2.45) is 0 Å². The molecule has 0 aromatic heterocycles. The van der Waals surface area contributed by atoms with Gasteiger partial charge >= 0.3 is 0 Å². The average molecular weight is 270 g/mol. The van der Waals surface area contributed by atoms with Gasteiger partial charge in [-0.15, -0.1) is 0 Å². The van der Waals surface area contributed by atoms with Crippen molar-refractivity contribution in [3.05, 3.63) is 23.3 Å². The number of hydrogen-bond donors (Lipinski definition) is 0. The summed E-state index contributed by atoms with van der Waals surface area (Å²) >= 11 is 0. The Morgan fingerprint density at radius 2 is 1.63 bits per heavy atom. The monoisotopic (exact) mass is 270 g/mol. The summed E-state index contributed by atoms with van der Waals surface area (Å²) < 4.78 is 16.4. The van der Waals surface area contributed by atoms with Crippen LogP contribution in [0.2, 0.25) is 0 Å². The first-order chi connectivity index (χ1) is 9.10. The van der Waals surface area contributed by atoms with Gasteiger partial charge in [-0.05, 0) is 47.5 Å². The van der Waals surface area contributed by atoms with E-state index in [0.29, 0.717) is 26.4 Å². The lowest BCUT2D eigenvalue weighted by atomic mass is 10.1. The molecule has 0 amide bonds. The number of rotatable bonds is 11. The lowest BCUT2D eigenvalue weighted by molar-refractivity contribution is -0.165. The van der Waals surface area contributed by atoms with E-state index in [9.17, 15) is 0 Å². The predicted molar refractivity (Wildman–Crippen MR) is 80.3 cm³/mol. The molecule has 0 N–H and O–H groups in total. The van der Waals surface area contributed by atoms with Crippen LogP contribution in [0.4, 0.5) is 0 Å². The van der Waals surface area contributed by atoms with E-state index in [-0.39, 0.29) is 6.29 Å². The van der Waals surface area contributed by atoms with Gasteiger partial charge in [0.2, 0.25) is 0 Å². The second-order valence-corrected chi connectivity index (χ2v) is 4.75. The van der Waals surface area contributed by atoms with E-state index in [2.05, 4.69) is 32.9 Å². The lowest BCUT2D eigenvalue weighted by Crippen LogP contribution is -2.23. The molecule has 0 unspecified atom stereocenters. The fraction of sp³-hybridized carbons (Fsp3) is 0.750. The Kier molecular flexibility index (Phi) is 12.0. The van der Waals surface area contributed by atoms with E-state index in [1.165, 1.54) is 11.1 Å². The molecule has 0 fully saturated rings. The zero-order valence-corrected chi connectivity index (χ0v) is 13.2. The molecule has 0 aliphatic heterocycles. The van der Waals surface area contributed by atoms with Crippen molar-refractivity contribution in [1.29, 1.82) is 0 Å². The molecule has 0 aromatic carbocycles. The Morgan fingerprint density at radius 1 is 1.00 bits per heavy atom. The minimum atomic E-state index is -0.241. The van der Waals surface area contributed by atoms with E-state index in [1.54, 1.807) is 0 Å². The van der Waals surface area contributed by atoms with Crippen molar-refractivity contribution in [3.63, 3.8) is 0 Å². The molecule has 0 heterocycles. The van der Waals surface area contributed by atoms with Crippen molar-refractivity contribution in [2.45, 2.75) is 53.8 Å². The molecule has 0 rings (SSSR count). The van der Waals surface area contributed by atoms with Gasteiger partial charge in [0.05, 0.1) is 13.2 Å². The van der Waals surface area contributed by atoms with Gasteiger partial charge in [0.1, 0.15) is 0 Å².